The first kappa shape index (κ1) is 103. The van der Waals surface area contributed by atoms with Crippen LogP contribution < -0.4 is 75.4 Å². The fourth-order valence-corrected chi connectivity index (χ4v) is 39.5. The van der Waals surface area contributed by atoms with Crippen LogP contribution in [0.4, 0.5) is 0 Å². The molecule has 5 aromatic rings. The average Bonchev–Trinajstić information content (AvgIpc) is 1.59. The van der Waals surface area contributed by atoms with Crippen LogP contribution in [0.5, 0.6) is 0 Å². The molecule has 0 N–H and O–H groups in total. The van der Waals surface area contributed by atoms with Crippen LogP contribution in [0.1, 0.15) is 329 Å². The summed E-state index contributed by atoms with van der Waals surface area (Å²) >= 11 is 6.61. The van der Waals surface area contributed by atoms with E-state index in [1.165, 1.54) is 113 Å². The van der Waals surface area contributed by atoms with Gasteiger partial charge in [0.15, 0.2) is 7.38 Å². The molecule has 5 aromatic carbocycles. The van der Waals surface area contributed by atoms with Crippen molar-refractivity contribution >= 4 is 69.9 Å². The second-order valence-electron chi connectivity index (χ2n) is 44.5. The van der Waals surface area contributed by atoms with E-state index < -0.39 is 31.6 Å². The summed E-state index contributed by atoms with van der Waals surface area (Å²) < 4.78 is 0. The molecule has 8 fully saturated rings. The van der Waals surface area contributed by atoms with Gasteiger partial charge in [-0.15, -0.1) is 0 Å². The van der Waals surface area contributed by atoms with Crippen LogP contribution in [-0.2, 0) is 0 Å². The van der Waals surface area contributed by atoms with E-state index in [1.54, 1.807) is 123 Å². The summed E-state index contributed by atoms with van der Waals surface area (Å²) in [7, 11) is -5.80. The molecule has 13 aliphatic carbocycles. The first-order valence-electron chi connectivity index (χ1n) is 48.4. The quantitative estimate of drug-likeness (QED) is 0.0863. The van der Waals surface area contributed by atoms with Crippen molar-refractivity contribution in [1.29, 1.82) is 0 Å². The molecule has 0 heterocycles. The summed E-state index contributed by atoms with van der Waals surface area (Å²) in [5.74, 6) is 19.2. The van der Waals surface area contributed by atoms with Gasteiger partial charge in [-0.25, -0.2) is 0 Å². The van der Waals surface area contributed by atoms with Crippen LogP contribution in [0.3, 0.4) is 0 Å². The Kier molecular flexibility index (Phi) is 38.9. The van der Waals surface area contributed by atoms with Crippen molar-refractivity contribution in [3.05, 3.63) is 207 Å². The van der Waals surface area contributed by atoms with E-state index in [-0.39, 0.29) is 75.4 Å². The third-order valence-corrected chi connectivity index (χ3v) is 46.5. The number of allylic oxidation sites excluding steroid dienone is 6. The number of fused-ring (bicyclic) bond motifs is 9. The second kappa shape index (κ2) is 45.1. The molecule has 119 heavy (non-hydrogen) atoms. The molecular weight excluding hydrogens is 1500 g/mol. The van der Waals surface area contributed by atoms with Gasteiger partial charge in [0.2, 0.25) is 0 Å². The van der Waals surface area contributed by atoms with E-state index >= 15 is 0 Å². The zero-order chi connectivity index (χ0) is 82.6. The summed E-state index contributed by atoms with van der Waals surface area (Å²) in [6.07, 6.45) is 50.4. The SMILES string of the molecule is C1CCC2CCCC2C1.CC(C)C1C=C([Si](C)(C)C)c2ccccc21.CC(C)C1C=C([Si](C)(C)Cl)c2ccccc21.CC(C)C1C=Cc2ccccc21.CC(C)C1CC([Si](C)(C)C2CC(C)C3CCCCC32)C2CCCCC12.CC(C)C1CCC2CCCCC21.CC1=CC([Si](C)(C)C2=CC(C(C)C)c3ccccc32)c2ccccc21.[Li+].[Li+].[Li+].[Li+]. The van der Waals surface area contributed by atoms with Gasteiger partial charge in [-0.05, 0) is 230 Å². The van der Waals surface area contributed by atoms with Crippen LogP contribution in [0, 0.1) is 101 Å². The van der Waals surface area contributed by atoms with E-state index in [0.717, 1.165) is 76.2 Å². The molecule has 628 valence electrons. The molecular formula is C110H165ClLi4Si4+4. The van der Waals surface area contributed by atoms with Gasteiger partial charge in [-0.3, -0.25) is 0 Å². The summed E-state index contributed by atoms with van der Waals surface area (Å²) in [6.45, 7) is 55.8. The van der Waals surface area contributed by atoms with E-state index in [4.69, 9.17) is 11.1 Å². The maximum absolute atomic E-state index is 6.61. The number of hydrogen-bond donors (Lipinski definition) is 0. The first-order valence-corrected chi connectivity index (χ1v) is 62.1. The number of halogens is 1. The Bertz CT molecular complexity index is 4080. The van der Waals surface area contributed by atoms with E-state index in [1.807, 2.05) is 0 Å². The van der Waals surface area contributed by atoms with Gasteiger partial charge in [-0.2, -0.15) is 11.1 Å². The van der Waals surface area contributed by atoms with Crippen LogP contribution in [0.2, 0.25) is 70.0 Å². The summed E-state index contributed by atoms with van der Waals surface area (Å²) in [5.41, 5.74) is 19.2. The molecule has 18 unspecified atom stereocenters. The van der Waals surface area contributed by atoms with Gasteiger partial charge in [0, 0.05) is 29.2 Å². The predicted octanol–water partition coefficient (Wildman–Crippen LogP) is 22.4. The average molecular weight is 1660 g/mol. The minimum atomic E-state index is -1.73. The maximum atomic E-state index is 6.61. The van der Waals surface area contributed by atoms with Gasteiger partial charge in [0.05, 0.1) is 24.2 Å². The normalized spacial score (nSPS) is 29.4. The van der Waals surface area contributed by atoms with Gasteiger partial charge in [0.1, 0.15) is 0 Å². The van der Waals surface area contributed by atoms with Crippen molar-refractivity contribution in [2.75, 3.05) is 0 Å². The zero-order valence-electron chi connectivity index (χ0n) is 81.5. The van der Waals surface area contributed by atoms with Crippen LogP contribution >= 0.6 is 11.1 Å². The maximum Gasteiger partial charge on any atom is 1.00 e. The molecule has 13 aliphatic rings. The molecule has 0 aliphatic heterocycles. The number of rotatable bonds is 12. The largest absolute Gasteiger partial charge is 1.00 e. The molecule has 0 amide bonds. The molecule has 8 saturated carbocycles. The summed E-state index contributed by atoms with van der Waals surface area (Å²) in [6, 6.07) is 44.5. The van der Waals surface area contributed by atoms with Crippen molar-refractivity contribution in [3.63, 3.8) is 0 Å². The van der Waals surface area contributed by atoms with Crippen molar-refractivity contribution in [1.82, 2.24) is 0 Å². The molecule has 0 spiro atoms. The Hall–Kier alpha value is -1.65. The second-order valence-corrected chi connectivity index (χ2v) is 65.6. The summed E-state index contributed by atoms with van der Waals surface area (Å²) in [5, 5.41) is 4.73. The standard InChI is InChI=1S/C24H44Si.C24H28Si.C15H22Si.C14H19ClSi.C12H22.C12H14.C9H16.4Li/c2*1-16(2)22-15-24(21-13-9-7-11-19(21)22)25(4,5)23-14-17(3)18-10-6-8-12-20(18)23;1-11(2)14-10-15(16(3,4)5)13-9-7-6-8-12(13)14;1-10(2)13-9-14(16(3,4)15)12-8-6-5-7-11(12)13;2*1-9(2)11-8-7-10-5-3-4-6-12(10)11;1-2-5-9-7-3-6-8(9)4-1;;;;/h16-24H,6-15H2,1-5H3;6-16,22-23H,1-5H3;6-11,14H,1-5H3;5-10,13H,1-4H3;9-12H,3-8H2,1-2H3;3-9,11H,1-2H3;8-9H,1-7H2;;;;/q;;;;;;;4*+1. The van der Waals surface area contributed by atoms with Crippen molar-refractivity contribution in [3.8, 4) is 0 Å². The molecule has 18 atom stereocenters. The molecule has 9 heteroatoms. The Balaban J connectivity index is 0.000000176. The van der Waals surface area contributed by atoms with Crippen molar-refractivity contribution < 1.29 is 75.4 Å². The minimum absolute atomic E-state index is 0. The Morgan fingerprint density at radius 3 is 1.19 bits per heavy atom. The van der Waals surface area contributed by atoms with Crippen molar-refractivity contribution in [2.24, 2.45) is 101 Å². The Labute approximate surface area is 789 Å². The fourth-order valence-electron chi connectivity index (χ4n) is 26.8. The van der Waals surface area contributed by atoms with Crippen LogP contribution in [-0.4, -0.2) is 31.6 Å². The van der Waals surface area contributed by atoms with Gasteiger partial charge in [0.25, 0.3) is 0 Å². The molecule has 18 rings (SSSR count). The first-order chi connectivity index (χ1) is 54.7. The van der Waals surface area contributed by atoms with Crippen molar-refractivity contribution in [2.45, 2.75) is 344 Å². The van der Waals surface area contributed by atoms with Gasteiger partial charge >= 0.3 is 75.4 Å². The third kappa shape index (κ3) is 23.7. The van der Waals surface area contributed by atoms with E-state index in [9.17, 15) is 0 Å². The topological polar surface area (TPSA) is 0 Å². The summed E-state index contributed by atoms with van der Waals surface area (Å²) in [4.78, 5) is 0. The zero-order valence-corrected chi connectivity index (χ0v) is 86.3. The molecule has 0 nitrogen and oxygen atoms in total. The van der Waals surface area contributed by atoms with Crippen LogP contribution in [0.15, 0.2) is 152 Å². The third-order valence-electron chi connectivity index (χ3n) is 33.1. The Morgan fingerprint density at radius 2 is 0.706 bits per heavy atom. The Morgan fingerprint density at radius 1 is 0.328 bits per heavy atom. The molecule has 0 aromatic heterocycles. The van der Waals surface area contributed by atoms with Gasteiger partial charge < -0.3 is 0 Å². The monoisotopic (exact) mass is 1660 g/mol. The van der Waals surface area contributed by atoms with E-state index in [0.29, 0.717) is 52.9 Å². The van der Waals surface area contributed by atoms with E-state index in [2.05, 4.69) is 314 Å². The predicted molar refractivity (Wildman–Crippen MR) is 521 cm³/mol. The smallest absolute Gasteiger partial charge is 0.162 e. The minimum Gasteiger partial charge on any atom is -0.162 e. The number of benzene rings is 5. The molecule has 0 bridgehead atoms. The van der Waals surface area contributed by atoms with Crippen LogP contribution in [0.25, 0.3) is 27.2 Å². The number of hydrogen-bond acceptors (Lipinski definition) is 0. The fraction of sp³-hybridized carbons (Fsp3) is 0.636. The van der Waals surface area contributed by atoms with Gasteiger partial charge in [-0.1, -0.05) is 420 Å². The molecule has 0 radical (unpaired) electrons. The molecule has 0 saturated heterocycles.